The molecule has 146 valence electrons. The molecular weight excluding hydrogens is 374 g/mol. The standard InChI is InChI=1S/C21H23N3O3S/c1-24-19(17-8-10-18(27-2)11-9-17)14-23-21(24)28(26)15-20(25)22-13-12-16-6-4-3-5-7-16/h3-11,14H,12-13,15H2,1-2H3,(H,22,25)/t28-/m0/s1. The smallest absolute Gasteiger partial charge is 0.233 e. The van der Waals surface area contributed by atoms with Crippen molar-refractivity contribution >= 4 is 16.7 Å². The van der Waals surface area contributed by atoms with Crippen LogP contribution in [0.5, 0.6) is 5.75 Å². The number of imidazole rings is 1. The summed E-state index contributed by atoms with van der Waals surface area (Å²) in [6, 6.07) is 17.5. The molecule has 0 unspecified atom stereocenters. The molecule has 1 amide bonds. The monoisotopic (exact) mass is 397 g/mol. The molecule has 0 aliphatic heterocycles. The van der Waals surface area contributed by atoms with Gasteiger partial charge in [0.2, 0.25) is 5.91 Å². The minimum atomic E-state index is -1.52. The number of amides is 1. The van der Waals surface area contributed by atoms with E-state index in [0.717, 1.165) is 29.0 Å². The molecule has 2 aromatic carbocycles. The zero-order valence-corrected chi connectivity index (χ0v) is 16.7. The van der Waals surface area contributed by atoms with Crippen LogP contribution in [0.4, 0.5) is 0 Å². The molecule has 6 nitrogen and oxygen atoms in total. The van der Waals surface area contributed by atoms with Gasteiger partial charge in [-0.3, -0.25) is 9.00 Å². The predicted molar refractivity (Wildman–Crippen MR) is 110 cm³/mol. The van der Waals surface area contributed by atoms with Crippen molar-refractivity contribution in [1.82, 2.24) is 14.9 Å². The number of benzene rings is 2. The van der Waals surface area contributed by atoms with Gasteiger partial charge in [-0.05, 0) is 36.2 Å². The van der Waals surface area contributed by atoms with Gasteiger partial charge in [-0.25, -0.2) is 4.98 Å². The van der Waals surface area contributed by atoms with Crippen molar-refractivity contribution in [2.24, 2.45) is 7.05 Å². The van der Waals surface area contributed by atoms with Crippen molar-refractivity contribution in [2.75, 3.05) is 19.4 Å². The van der Waals surface area contributed by atoms with Crippen LogP contribution in [0.1, 0.15) is 5.56 Å². The Morgan fingerprint density at radius 3 is 2.54 bits per heavy atom. The van der Waals surface area contributed by atoms with Gasteiger partial charge < -0.3 is 14.6 Å². The van der Waals surface area contributed by atoms with Crippen LogP contribution in [0.3, 0.4) is 0 Å². The Hall–Kier alpha value is -2.93. The van der Waals surface area contributed by atoms with Crippen molar-refractivity contribution in [1.29, 1.82) is 0 Å². The Bertz CT molecular complexity index is 953. The molecule has 7 heteroatoms. The summed E-state index contributed by atoms with van der Waals surface area (Å²) in [5, 5.41) is 3.20. The van der Waals surface area contributed by atoms with Crippen LogP contribution < -0.4 is 10.1 Å². The molecule has 0 bridgehead atoms. The van der Waals surface area contributed by atoms with Crippen LogP contribution in [0.25, 0.3) is 11.3 Å². The number of ether oxygens (including phenoxy) is 1. The highest BCUT2D eigenvalue weighted by atomic mass is 32.2. The van der Waals surface area contributed by atoms with Gasteiger partial charge in [0.1, 0.15) is 11.5 Å². The normalized spacial score (nSPS) is 11.8. The molecule has 0 fully saturated rings. The van der Waals surface area contributed by atoms with E-state index in [1.54, 1.807) is 24.9 Å². The SMILES string of the molecule is COc1ccc(-c2cnc([S@@](=O)CC(=O)NCCc3ccccc3)n2C)cc1. The molecule has 0 saturated carbocycles. The summed E-state index contributed by atoms with van der Waals surface area (Å²) in [5.74, 6) is 0.409. The van der Waals surface area contributed by atoms with E-state index in [-0.39, 0.29) is 11.7 Å². The first-order valence-electron chi connectivity index (χ1n) is 8.93. The maximum Gasteiger partial charge on any atom is 0.233 e. The van der Waals surface area contributed by atoms with Crippen molar-refractivity contribution in [3.05, 3.63) is 66.4 Å². The Morgan fingerprint density at radius 2 is 1.86 bits per heavy atom. The maximum absolute atomic E-state index is 12.6. The molecule has 1 N–H and O–H groups in total. The average Bonchev–Trinajstić information content (AvgIpc) is 3.10. The van der Waals surface area contributed by atoms with Gasteiger partial charge in [-0.2, -0.15) is 0 Å². The van der Waals surface area contributed by atoms with Crippen molar-refractivity contribution in [3.63, 3.8) is 0 Å². The second kappa shape index (κ2) is 9.32. The first kappa shape index (κ1) is 19.8. The lowest BCUT2D eigenvalue weighted by molar-refractivity contribution is -0.118. The second-order valence-electron chi connectivity index (χ2n) is 6.29. The van der Waals surface area contributed by atoms with E-state index >= 15 is 0 Å². The largest absolute Gasteiger partial charge is 0.497 e. The average molecular weight is 398 g/mol. The summed E-state index contributed by atoms with van der Waals surface area (Å²) in [4.78, 5) is 16.4. The molecule has 1 heterocycles. The van der Waals surface area contributed by atoms with Crippen molar-refractivity contribution in [2.45, 2.75) is 11.6 Å². The van der Waals surface area contributed by atoms with Gasteiger partial charge in [0.05, 0.1) is 29.8 Å². The van der Waals surface area contributed by atoms with Gasteiger partial charge in [0, 0.05) is 19.2 Å². The fourth-order valence-electron chi connectivity index (χ4n) is 2.86. The van der Waals surface area contributed by atoms with Crippen LogP contribution in [-0.2, 0) is 29.1 Å². The van der Waals surface area contributed by atoms with Crippen LogP contribution in [0.15, 0.2) is 66.0 Å². The Balaban J connectivity index is 1.58. The lowest BCUT2D eigenvalue weighted by Gasteiger charge is -2.08. The number of carbonyl (C=O) groups is 1. The summed E-state index contributed by atoms with van der Waals surface area (Å²) in [6.07, 6.45) is 2.41. The number of aromatic nitrogens is 2. The molecule has 3 rings (SSSR count). The molecule has 1 atom stereocenters. The Morgan fingerprint density at radius 1 is 1.14 bits per heavy atom. The third-order valence-electron chi connectivity index (χ3n) is 4.38. The number of nitrogens with zero attached hydrogens (tertiary/aromatic N) is 2. The highest BCUT2D eigenvalue weighted by Crippen LogP contribution is 2.23. The molecule has 0 radical (unpaired) electrons. The van der Waals surface area contributed by atoms with Gasteiger partial charge in [-0.1, -0.05) is 30.3 Å². The number of nitrogens with one attached hydrogen (secondary N) is 1. The number of hydrogen-bond donors (Lipinski definition) is 1. The summed E-state index contributed by atoms with van der Waals surface area (Å²) < 4.78 is 19.5. The van der Waals surface area contributed by atoms with Crippen LogP contribution in [0.2, 0.25) is 0 Å². The van der Waals surface area contributed by atoms with Crippen LogP contribution in [-0.4, -0.2) is 39.1 Å². The second-order valence-corrected chi connectivity index (χ2v) is 7.63. The zero-order chi connectivity index (χ0) is 19.9. The zero-order valence-electron chi connectivity index (χ0n) is 15.9. The van der Waals surface area contributed by atoms with Gasteiger partial charge in [0.15, 0.2) is 5.16 Å². The van der Waals surface area contributed by atoms with Crippen molar-refractivity contribution in [3.8, 4) is 17.0 Å². The molecule has 28 heavy (non-hydrogen) atoms. The summed E-state index contributed by atoms with van der Waals surface area (Å²) in [6.45, 7) is 0.512. The van der Waals surface area contributed by atoms with E-state index in [1.165, 1.54) is 0 Å². The lowest BCUT2D eigenvalue weighted by atomic mass is 10.1. The third-order valence-corrected chi connectivity index (χ3v) is 5.69. The first-order valence-corrected chi connectivity index (χ1v) is 10.3. The summed E-state index contributed by atoms with van der Waals surface area (Å²) >= 11 is 0. The fraction of sp³-hybridized carbons (Fsp3) is 0.238. The first-order chi connectivity index (χ1) is 13.6. The Labute approximate surface area is 167 Å². The molecule has 0 saturated heterocycles. The minimum Gasteiger partial charge on any atom is -0.497 e. The lowest BCUT2D eigenvalue weighted by Crippen LogP contribution is -2.30. The molecule has 3 aromatic rings. The predicted octanol–water partition coefficient (Wildman–Crippen LogP) is 2.56. The molecular formula is C21H23N3O3S. The molecule has 0 aliphatic carbocycles. The van der Waals surface area contributed by atoms with Crippen molar-refractivity contribution < 1.29 is 13.7 Å². The number of hydrogen-bond acceptors (Lipinski definition) is 4. The van der Waals surface area contributed by atoms with Gasteiger partial charge in [0.25, 0.3) is 0 Å². The number of rotatable bonds is 8. The topological polar surface area (TPSA) is 73.2 Å². The fourth-order valence-corrected chi connectivity index (χ4v) is 3.90. The highest BCUT2D eigenvalue weighted by Gasteiger charge is 2.17. The maximum atomic E-state index is 12.6. The molecule has 1 aromatic heterocycles. The van der Waals surface area contributed by atoms with E-state index in [0.29, 0.717) is 11.7 Å². The van der Waals surface area contributed by atoms with Gasteiger partial charge >= 0.3 is 0 Å². The Kier molecular flexibility index (Phi) is 6.60. The quantitative estimate of drug-likeness (QED) is 0.634. The van der Waals surface area contributed by atoms with Crippen LogP contribution >= 0.6 is 0 Å². The third kappa shape index (κ3) is 4.86. The van der Waals surface area contributed by atoms with Crippen LogP contribution in [0, 0.1) is 0 Å². The van der Waals surface area contributed by atoms with E-state index in [2.05, 4.69) is 10.3 Å². The summed E-state index contributed by atoms with van der Waals surface area (Å²) in [7, 11) is 1.90. The summed E-state index contributed by atoms with van der Waals surface area (Å²) in [5.41, 5.74) is 2.92. The van der Waals surface area contributed by atoms with E-state index in [4.69, 9.17) is 4.74 Å². The molecule has 0 spiro atoms. The van der Waals surface area contributed by atoms with E-state index in [1.807, 2.05) is 54.6 Å². The highest BCUT2D eigenvalue weighted by molar-refractivity contribution is 7.85. The number of carbonyl (C=O) groups excluding carboxylic acids is 1. The number of methoxy groups -OCH3 is 1. The van der Waals surface area contributed by atoms with Gasteiger partial charge in [-0.15, -0.1) is 0 Å². The minimum absolute atomic E-state index is 0.109. The van der Waals surface area contributed by atoms with E-state index < -0.39 is 10.8 Å². The molecule has 0 aliphatic rings. The van der Waals surface area contributed by atoms with E-state index in [9.17, 15) is 9.00 Å².